The molecule has 0 aliphatic heterocycles. The predicted molar refractivity (Wildman–Crippen MR) is 62.7 cm³/mol. The Kier molecular flexibility index (Phi) is 2.52. The molecule has 3 heteroatoms. The molecule has 0 saturated carbocycles. The summed E-state index contributed by atoms with van der Waals surface area (Å²) in [6.07, 6.45) is 0. The maximum atomic E-state index is 10.9. The maximum Gasteiger partial charge on any atom is 0.337 e. The highest BCUT2D eigenvalue weighted by Crippen LogP contribution is 2.22. The molecule has 1 aromatic heterocycles. The van der Waals surface area contributed by atoms with Crippen molar-refractivity contribution in [3.63, 3.8) is 0 Å². The van der Waals surface area contributed by atoms with Crippen LogP contribution in [0.15, 0.2) is 30.3 Å². The van der Waals surface area contributed by atoms with Gasteiger partial charge < -0.3 is 10.1 Å². The van der Waals surface area contributed by atoms with Crippen LogP contribution >= 0.6 is 0 Å². The van der Waals surface area contributed by atoms with Gasteiger partial charge in [0.2, 0.25) is 0 Å². The smallest absolute Gasteiger partial charge is 0.337 e. The summed E-state index contributed by atoms with van der Waals surface area (Å²) in [5.74, 6) is -0.896. The number of aromatic nitrogens is 1. The lowest BCUT2D eigenvalue weighted by Gasteiger charge is -1.98. The van der Waals surface area contributed by atoms with Gasteiger partial charge in [-0.3, -0.25) is 0 Å². The number of aromatic carboxylic acids is 1. The maximum absolute atomic E-state index is 10.9. The number of carboxylic acids is 1. The van der Waals surface area contributed by atoms with Gasteiger partial charge in [0.05, 0.1) is 5.56 Å². The van der Waals surface area contributed by atoms with Crippen LogP contribution in [0.4, 0.5) is 0 Å². The third-order valence-electron chi connectivity index (χ3n) is 2.61. The zero-order valence-corrected chi connectivity index (χ0v) is 9.24. The van der Waals surface area contributed by atoms with Crippen LogP contribution < -0.4 is 0 Å². The Morgan fingerprint density at radius 1 is 1.19 bits per heavy atom. The van der Waals surface area contributed by atoms with Crippen LogP contribution in [-0.2, 0) is 0 Å². The molecule has 1 heterocycles. The standard InChI is InChI=1S/C13H13NO2/c1-8-3-5-10(6-4-8)12-7-11(13(15)16)9(2)14-12/h3-7,14H,1-2H3,(H,15,16). The molecular weight excluding hydrogens is 202 g/mol. The molecule has 2 aromatic rings. The van der Waals surface area contributed by atoms with E-state index in [9.17, 15) is 4.79 Å². The van der Waals surface area contributed by atoms with E-state index in [1.54, 1.807) is 13.0 Å². The molecule has 3 nitrogen and oxygen atoms in total. The van der Waals surface area contributed by atoms with E-state index in [4.69, 9.17) is 5.11 Å². The number of hydrogen-bond acceptors (Lipinski definition) is 1. The number of carbonyl (C=O) groups is 1. The van der Waals surface area contributed by atoms with Gasteiger partial charge in [0.25, 0.3) is 0 Å². The molecule has 0 saturated heterocycles. The molecule has 82 valence electrons. The van der Waals surface area contributed by atoms with Gasteiger partial charge in [0.1, 0.15) is 0 Å². The van der Waals surface area contributed by atoms with E-state index in [1.165, 1.54) is 5.56 Å². The van der Waals surface area contributed by atoms with Crippen LogP contribution in [0.3, 0.4) is 0 Å². The van der Waals surface area contributed by atoms with Crippen molar-refractivity contribution in [3.05, 3.63) is 47.2 Å². The fourth-order valence-corrected chi connectivity index (χ4v) is 1.67. The quantitative estimate of drug-likeness (QED) is 0.809. The highest BCUT2D eigenvalue weighted by Gasteiger charge is 2.11. The predicted octanol–water partition coefficient (Wildman–Crippen LogP) is 3.00. The van der Waals surface area contributed by atoms with Crippen LogP contribution in [0.5, 0.6) is 0 Å². The molecule has 0 bridgehead atoms. The molecule has 0 fully saturated rings. The number of aromatic amines is 1. The summed E-state index contributed by atoms with van der Waals surface area (Å²) in [7, 11) is 0. The highest BCUT2D eigenvalue weighted by molar-refractivity contribution is 5.90. The van der Waals surface area contributed by atoms with Crippen molar-refractivity contribution >= 4 is 5.97 Å². The van der Waals surface area contributed by atoms with E-state index in [0.29, 0.717) is 11.3 Å². The van der Waals surface area contributed by atoms with E-state index in [0.717, 1.165) is 11.3 Å². The van der Waals surface area contributed by atoms with Gasteiger partial charge in [0.15, 0.2) is 0 Å². The molecule has 0 amide bonds. The van der Waals surface area contributed by atoms with Gasteiger partial charge in [-0.1, -0.05) is 29.8 Å². The van der Waals surface area contributed by atoms with Gasteiger partial charge in [0, 0.05) is 11.4 Å². The zero-order chi connectivity index (χ0) is 11.7. The minimum Gasteiger partial charge on any atom is -0.478 e. The summed E-state index contributed by atoms with van der Waals surface area (Å²) in [5.41, 5.74) is 4.04. The summed E-state index contributed by atoms with van der Waals surface area (Å²) in [6, 6.07) is 9.64. The summed E-state index contributed by atoms with van der Waals surface area (Å²) >= 11 is 0. The average Bonchev–Trinajstić information content (AvgIpc) is 2.61. The van der Waals surface area contributed by atoms with Crippen LogP contribution in [0.25, 0.3) is 11.3 Å². The second-order valence-electron chi connectivity index (χ2n) is 3.89. The Bertz CT molecular complexity index is 523. The van der Waals surface area contributed by atoms with Crippen LogP contribution in [0.2, 0.25) is 0 Å². The summed E-state index contributed by atoms with van der Waals surface area (Å²) in [5, 5.41) is 8.95. The summed E-state index contributed by atoms with van der Waals surface area (Å²) < 4.78 is 0. The van der Waals surface area contributed by atoms with Gasteiger partial charge in [-0.25, -0.2) is 4.79 Å². The third kappa shape index (κ3) is 1.84. The van der Waals surface area contributed by atoms with Gasteiger partial charge in [-0.05, 0) is 25.5 Å². The number of benzene rings is 1. The fraction of sp³-hybridized carbons (Fsp3) is 0.154. The first-order valence-electron chi connectivity index (χ1n) is 5.08. The molecule has 0 spiro atoms. The van der Waals surface area contributed by atoms with Gasteiger partial charge >= 0.3 is 5.97 Å². The van der Waals surface area contributed by atoms with Crippen molar-refractivity contribution in [2.24, 2.45) is 0 Å². The molecular formula is C13H13NO2. The number of hydrogen-bond donors (Lipinski definition) is 2. The van der Waals surface area contributed by atoms with Crippen molar-refractivity contribution in [1.29, 1.82) is 0 Å². The molecule has 2 N–H and O–H groups in total. The minimum atomic E-state index is -0.896. The molecule has 16 heavy (non-hydrogen) atoms. The lowest BCUT2D eigenvalue weighted by Crippen LogP contribution is -1.95. The fourth-order valence-electron chi connectivity index (χ4n) is 1.67. The van der Waals surface area contributed by atoms with Crippen molar-refractivity contribution in [1.82, 2.24) is 4.98 Å². The number of rotatable bonds is 2. The third-order valence-corrected chi connectivity index (χ3v) is 2.61. The van der Waals surface area contributed by atoms with E-state index >= 15 is 0 Å². The lowest BCUT2D eigenvalue weighted by atomic mass is 10.1. The molecule has 0 unspecified atom stereocenters. The monoisotopic (exact) mass is 215 g/mol. The Labute approximate surface area is 93.7 Å². The van der Waals surface area contributed by atoms with E-state index in [-0.39, 0.29) is 0 Å². The minimum absolute atomic E-state index is 0.329. The lowest BCUT2D eigenvalue weighted by molar-refractivity contribution is 0.0696. The van der Waals surface area contributed by atoms with Gasteiger partial charge in [-0.15, -0.1) is 0 Å². The number of aryl methyl sites for hydroxylation is 2. The normalized spacial score (nSPS) is 10.4. The van der Waals surface area contributed by atoms with E-state index in [1.807, 2.05) is 31.2 Å². The SMILES string of the molecule is Cc1ccc(-c2cc(C(=O)O)c(C)[nH]2)cc1. The van der Waals surface area contributed by atoms with Crippen molar-refractivity contribution in [3.8, 4) is 11.3 Å². The Balaban J connectivity index is 2.45. The number of carboxylic acid groups (broad SMARTS) is 1. The van der Waals surface area contributed by atoms with Crippen LogP contribution in [0, 0.1) is 13.8 Å². The Morgan fingerprint density at radius 2 is 1.81 bits per heavy atom. The van der Waals surface area contributed by atoms with Gasteiger partial charge in [-0.2, -0.15) is 0 Å². The largest absolute Gasteiger partial charge is 0.478 e. The first-order chi connectivity index (χ1) is 7.58. The topological polar surface area (TPSA) is 53.1 Å². The first-order valence-corrected chi connectivity index (χ1v) is 5.08. The molecule has 0 aliphatic rings. The molecule has 0 radical (unpaired) electrons. The van der Waals surface area contributed by atoms with Crippen LogP contribution in [-0.4, -0.2) is 16.1 Å². The summed E-state index contributed by atoms with van der Waals surface area (Å²) in [6.45, 7) is 3.79. The van der Waals surface area contributed by atoms with Crippen molar-refractivity contribution in [2.45, 2.75) is 13.8 Å². The molecule has 1 aromatic carbocycles. The zero-order valence-electron chi connectivity index (χ0n) is 9.24. The van der Waals surface area contributed by atoms with E-state index < -0.39 is 5.97 Å². The Hall–Kier alpha value is -2.03. The second-order valence-corrected chi connectivity index (χ2v) is 3.89. The Morgan fingerprint density at radius 3 is 2.31 bits per heavy atom. The van der Waals surface area contributed by atoms with Crippen LogP contribution in [0.1, 0.15) is 21.6 Å². The highest BCUT2D eigenvalue weighted by atomic mass is 16.4. The number of nitrogens with one attached hydrogen (secondary N) is 1. The molecule has 2 rings (SSSR count). The number of H-pyrrole nitrogens is 1. The van der Waals surface area contributed by atoms with E-state index in [2.05, 4.69) is 4.98 Å². The van der Waals surface area contributed by atoms with Crippen molar-refractivity contribution in [2.75, 3.05) is 0 Å². The summed E-state index contributed by atoms with van der Waals surface area (Å²) in [4.78, 5) is 14.0. The second kappa shape index (κ2) is 3.85. The molecule has 0 atom stereocenters. The molecule has 0 aliphatic carbocycles. The average molecular weight is 215 g/mol. The first kappa shape index (κ1) is 10.5. The van der Waals surface area contributed by atoms with Crippen molar-refractivity contribution < 1.29 is 9.90 Å².